The third kappa shape index (κ3) is 1.45. The Morgan fingerprint density at radius 1 is 1.53 bits per heavy atom. The molecule has 0 amide bonds. The van der Waals surface area contributed by atoms with Crippen LogP contribution in [0.15, 0.2) is 0 Å². The van der Waals surface area contributed by atoms with Crippen LogP contribution in [0.5, 0.6) is 0 Å². The molecular weight excluding hydrogens is 190 g/mol. The molecule has 0 aromatic carbocycles. The Bertz CT molecular complexity index is 374. The third-order valence-corrected chi connectivity index (χ3v) is 4.06. The highest BCUT2D eigenvalue weighted by Crippen LogP contribution is 2.50. The first kappa shape index (κ1) is 9.27. The molecule has 2 saturated carbocycles. The molecule has 5 nitrogen and oxygen atoms in total. The van der Waals surface area contributed by atoms with Crippen molar-refractivity contribution >= 4 is 0 Å². The van der Waals surface area contributed by atoms with E-state index in [1.165, 1.54) is 24.1 Å². The Balaban J connectivity index is 1.77. The monoisotopic (exact) mass is 207 g/mol. The molecule has 15 heavy (non-hydrogen) atoms. The second-order valence-corrected chi connectivity index (χ2v) is 5.19. The molecule has 2 bridgehead atoms. The molecular formula is C10H17N5. The number of aryl methyl sites for hydroxylation is 1. The van der Waals surface area contributed by atoms with Gasteiger partial charge in [-0.2, -0.15) is 4.80 Å². The number of nitrogens with two attached hydrogens (primary N) is 1. The molecule has 82 valence electrons. The molecule has 3 rings (SSSR count). The van der Waals surface area contributed by atoms with Crippen LogP contribution >= 0.6 is 0 Å². The van der Waals surface area contributed by atoms with E-state index in [0.29, 0.717) is 5.92 Å². The maximum absolute atomic E-state index is 6.47. The molecule has 0 aliphatic heterocycles. The summed E-state index contributed by atoms with van der Waals surface area (Å²) >= 11 is 0. The van der Waals surface area contributed by atoms with E-state index in [-0.39, 0.29) is 5.54 Å². The largest absolute Gasteiger partial charge is 0.324 e. The van der Waals surface area contributed by atoms with Gasteiger partial charge >= 0.3 is 0 Å². The van der Waals surface area contributed by atoms with Gasteiger partial charge in [0.1, 0.15) is 0 Å². The van der Waals surface area contributed by atoms with Gasteiger partial charge in [0.05, 0.1) is 7.05 Å². The predicted molar refractivity (Wildman–Crippen MR) is 54.9 cm³/mol. The summed E-state index contributed by atoms with van der Waals surface area (Å²) < 4.78 is 0. The van der Waals surface area contributed by atoms with Crippen LogP contribution in [-0.2, 0) is 13.5 Å². The fraction of sp³-hybridized carbons (Fsp3) is 0.900. The normalized spacial score (nSPS) is 38.8. The molecule has 2 fully saturated rings. The van der Waals surface area contributed by atoms with Crippen molar-refractivity contribution in [2.24, 2.45) is 24.6 Å². The van der Waals surface area contributed by atoms with Crippen molar-refractivity contribution < 1.29 is 0 Å². The minimum Gasteiger partial charge on any atom is -0.324 e. The number of rotatable bonds is 2. The Morgan fingerprint density at radius 3 is 2.93 bits per heavy atom. The van der Waals surface area contributed by atoms with Crippen LogP contribution in [0.1, 0.15) is 31.5 Å². The first-order valence-corrected chi connectivity index (χ1v) is 5.67. The van der Waals surface area contributed by atoms with Crippen LogP contribution in [0.3, 0.4) is 0 Å². The highest BCUT2D eigenvalue weighted by Gasteiger charge is 2.48. The standard InChI is InChI=1S/C10H17N5/c1-15-13-9(12-14-15)6-10(11)5-7-2-3-8(10)4-7/h7-8H,2-6,11H2,1H3. The van der Waals surface area contributed by atoms with Gasteiger partial charge in [-0.1, -0.05) is 6.42 Å². The quantitative estimate of drug-likeness (QED) is 0.755. The second kappa shape index (κ2) is 3.01. The molecule has 3 unspecified atom stereocenters. The van der Waals surface area contributed by atoms with Crippen LogP contribution in [0.4, 0.5) is 0 Å². The summed E-state index contributed by atoms with van der Waals surface area (Å²) in [7, 11) is 1.79. The van der Waals surface area contributed by atoms with E-state index >= 15 is 0 Å². The van der Waals surface area contributed by atoms with Gasteiger partial charge in [-0.15, -0.1) is 10.2 Å². The molecule has 2 N–H and O–H groups in total. The van der Waals surface area contributed by atoms with Gasteiger partial charge in [-0.3, -0.25) is 0 Å². The zero-order chi connectivity index (χ0) is 10.5. The highest BCUT2D eigenvalue weighted by molar-refractivity contribution is 5.08. The smallest absolute Gasteiger partial charge is 0.176 e. The lowest BCUT2D eigenvalue weighted by atomic mass is 9.79. The average molecular weight is 207 g/mol. The predicted octanol–water partition coefficient (Wildman–Crippen LogP) is 0.270. The van der Waals surface area contributed by atoms with Gasteiger partial charge in [0, 0.05) is 12.0 Å². The molecule has 0 radical (unpaired) electrons. The average Bonchev–Trinajstić information content (AvgIpc) is 2.81. The minimum atomic E-state index is -0.0497. The fourth-order valence-electron chi connectivity index (χ4n) is 3.39. The van der Waals surface area contributed by atoms with Crippen molar-refractivity contribution in [2.75, 3.05) is 0 Å². The third-order valence-electron chi connectivity index (χ3n) is 4.06. The van der Waals surface area contributed by atoms with E-state index in [4.69, 9.17) is 5.73 Å². The van der Waals surface area contributed by atoms with E-state index < -0.39 is 0 Å². The molecule has 0 spiro atoms. The summed E-state index contributed by atoms with van der Waals surface area (Å²) in [6.45, 7) is 0. The fourth-order valence-corrected chi connectivity index (χ4v) is 3.39. The lowest BCUT2D eigenvalue weighted by Gasteiger charge is -2.32. The van der Waals surface area contributed by atoms with Gasteiger partial charge in [-0.05, 0) is 36.3 Å². The topological polar surface area (TPSA) is 69.6 Å². The molecule has 1 aromatic rings. The van der Waals surface area contributed by atoms with Crippen LogP contribution in [0, 0.1) is 11.8 Å². The summed E-state index contributed by atoms with van der Waals surface area (Å²) in [6.07, 6.45) is 5.92. The molecule has 2 aliphatic rings. The molecule has 3 atom stereocenters. The van der Waals surface area contributed by atoms with Crippen molar-refractivity contribution in [3.05, 3.63) is 5.82 Å². The van der Waals surface area contributed by atoms with Crippen LogP contribution in [-0.4, -0.2) is 25.7 Å². The van der Waals surface area contributed by atoms with E-state index in [2.05, 4.69) is 15.4 Å². The van der Waals surface area contributed by atoms with Gasteiger partial charge < -0.3 is 5.73 Å². The molecule has 5 heteroatoms. The van der Waals surface area contributed by atoms with E-state index in [1.54, 1.807) is 7.05 Å². The molecule has 0 saturated heterocycles. The summed E-state index contributed by atoms with van der Waals surface area (Å²) in [6, 6.07) is 0. The Hall–Kier alpha value is -0.970. The van der Waals surface area contributed by atoms with E-state index in [9.17, 15) is 0 Å². The molecule has 2 aliphatic carbocycles. The highest BCUT2D eigenvalue weighted by atomic mass is 15.6. The number of nitrogens with zero attached hydrogens (tertiary/aromatic N) is 4. The number of tetrazole rings is 1. The summed E-state index contributed by atoms with van der Waals surface area (Å²) in [5, 5.41) is 12.1. The number of aromatic nitrogens is 4. The number of hydrogen-bond donors (Lipinski definition) is 1. The first-order valence-electron chi connectivity index (χ1n) is 5.67. The van der Waals surface area contributed by atoms with Gasteiger partial charge in [-0.25, -0.2) is 0 Å². The zero-order valence-corrected chi connectivity index (χ0v) is 9.06. The summed E-state index contributed by atoms with van der Waals surface area (Å²) in [5.41, 5.74) is 6.42. The van der Waals surface area contributed by atoms with Crippen molar-refractivity contribution in [3.63, 3.8) is 0 Å². The number of hydrogen-bond acceptors (Lipinski definition) is 4. The van der Waals surface area contributed by atoms with Crippen LogP contribution < -0.4 is 5.73 Å². The van der Waals surface area contributed by atoms with Gasteiger partial charge in [0.15, 0.2) is 5.82 Å². The Labute approximate surface area is 89.0 Å². The lowest BCUT2D eigenvalue weighted by Crippen LogP contribution is -2.47. The Morgan fingerprint density at radius 2 is 2.40 bits per heavy atom. The maximum Gasteiger partial charge on any atom is 0.176 e. The minimum absolute atomic E-state index is 0.0497. The van der Waals surface area contributed by atoms with Crippen molar-refractivity contribution in [3.8, 4) is 0 Å². The van der Waals surface area contributed by atoms with Crippen LogP contribution in [0.25, 0.3) is 0 Å². The summed E-state index contributed by atoms with van der Waals surface area (Å²) in [4.78, 5) is 1.51. The molecule has 1 heterocycles. The maximum atomic E-state index is 6.47. The van der Waals surface area contributed by atoms with Crippen molar-refractivity contribution in [2.45, 2.75) is 37.6 Å². The van der Waals surface area contributed by atoms with E-state index in [0.717, 1.165) is 24.6 Å². The second-order valence-electron chi connectivity index (χ2n) is 5.19. The van der Waals surface area contributed by atoms with Crippen molar-refractivity contribution in [1.29, 1.82) is 0 Å². The van der Waals surface area contributed by atoms with Crippen molar-refractivity contribution in [1.82, 2.24) is 20.2 Å². The summed E-state index contributed by atoms with van der Waals surface area (Å²) in [5.74, 6) is 2.34. The van der Waals surface area contributed by atoms with Gasteiger partial charge in [0.2, 0.25) is 0 Å². The SMILES string of the molecule is Cn1nnc(CC2(N)CC3CCC2C3)n1. The zero-order valence-electron chi connectivity index (χ0n) is 9.06. The number of fused-ring (bicyclic) bond motifs is 2. The van der Waals surface area contributed by atoms with Crippen LogP contribution in [0.2, 0.25) is 0 Å². The lowest BCUT2D eigenvalue weighted by molar-refractivity contribution is 0.265. The molecule has 1 aromatic heterocycles. The van der Waals surface area contributed by atoms with Gasteiger partial charge in [0.25, 0.3) is 0 Å². The van der Waals surface area contributed by atoms with E-state index in [1.807, 2.05) is 0 Å². The first-order chi connectivity index (χ1) is 7.16. The Kier molecular flexibility index (Phi) is 1.86.